The summed E-state index contributed by atoms with van der Waals surface area (Å²) >= 11 is 3.42. The first-order valence-corrected chi connectivity index (χ1v) is 9.21. The lowest BCUT2D eigenvalue weighted by Gasteiger charge is -2.18. The third kappa shape index (κ3) is 10.7. The number of aliphatic hydroxyl groups excluding tert-OH is 1. The van der Waals surface area contributed by atoms with Crippen LogP contribution in [0.1, 0.15) is 25.8 Å². The first-order chi connectivity index (χ1) is 12.0. The topological polar surface area (TPSA) is 57.2 Å². The zero-order valence-corrected chi connectivity index (χ0v) is 16.8. The van der Waals surface area contributed by atoms with Gasteiger partial charge in [0.2, 0.25) is 0 Å². The Balaban J connectivity index is 2.27. The van der Waals surface area contributed by atoms with Crippen molar-refractivity contribution in [2.45, 2.75) is 45.2 Å². The predicted molar refractivity (Wildman–Crippen MR) is 102 cm³/mol. The molecule has 1 aromatic rings. The number of halogens is 1. The van der Waals surface area contributed by atoms with Gasteiger partial charge < -0.3 is 24.1 Å². The standard InChI is InChI=1S/C19H29BrO5/c1-15(25-14-23-10-9-22-3)11-18(20)19(21)12-16(2)24-13-17-7-5-4-6-8-17/h4-8,11,15-16,19,21H,9-10,12-14H2,1-3H3/b18-11+/t15-,16-,19-/m1/s1. The molecule has 0 aromatic heterocycles. The van der Waals surface area contributed by atoms with Crippen LogP contribution in [0.15, 0.2) is 40.9 Å². The molecular weight excluding hydrogens is 388 g/mol. The van der Waals surface area contributed by atoms with Gasteiger partial charge in [-0.3, -0.25) is 0 Å². The van der Waals surface area contributed by atoms with Crippen molar-refractivity contribution in [3.05, 3.63) is 46.5 Å². The number of ether oxygens (including phenoxy) is 4. The van der Waals surface area contributed by atoms with Gasteiger partial charge in [-0.2, -0.15) is 0 Å². The van der Waals surface area contributed by atoms with E-state index in [4.69, 9.17) is 18.9 Å². The lowest BCUT2D eigenvalue weighted by molar-refractivity contribution is -0.0805. The van der Waals surface area contributed by atoms with Crippen molar-refractivity contribution in [3.8, 4) is 0 Å². The molecule has 0 radical (unpaired) electrons. The van der Waals surface area contributed by atoms with Gasteiger partial charge in [-0.15, -0.1) is 0 Å². The zero-order chi connectivity index (χ0) is 18.5. The van der Waals surface area contributed by atoms with Gasteiger partial charge in [0.15, 0.2) is 0 Å². The van der Waals surface area contributed by atoms with E-state index in [-0.39, 0.29) is 19.0 Å². The lowest BCUT2D eigenvalue weighted by atomic mass is 10.1. The van der Waals surface area contributed by atoms with E-state index in [2.05, 4.69) is 15.9 Å². The highest BCUT2D eigenvalue weighted by atomic mass is 79.9. The molecule has 6 heteroatoms. The average Bonchev–Trinajstić information content (AvgIpc) is 2.60. The maximum Gasteiger partial charge on any atom is 0.147 e. The molecule has 0 fully saturated rings. The molecule has 0 aliphatic rings. The summed E-state index contributed by atoms with van der Waals surface area (Å²) in [4.78, 5) is 0. The number of benzene rings is 1. The maximum atomic E-state index is 10.3. The van der Waals surface area contributed by atoms with Gasteiger partial charge in [0.1, 0.15) is 6.79 Å². The number of rotatable bonds is 13. The Morgan fingerprint density at radius 2 is 1.88 bits per heavy atom. The van der Waals surface area contributed by atoms with Crippen LogP contribution in [0.25, 0.3) is 0 Å². The molecule has 1 aromatic carbocycles. The fourth-order valence-electron chi connectivity index (χ4n) is 2.05. The molecule has 1 N–H and O–H groups in total. The van der Waals surface area contributed by atoms with E-state index in [1.165, 1.54) is 0 Å². The van der Waals surface area contributed by atoms with Crippen molar-refractivity contribution in [1.82, 2.24) is 0 Å². The smallest absolute Gasteiger partial charge is 0.147 e. The summed E-state index contributed by atoms with van der Waals surface area (Å²) in [5.74, 6) is 0. The zero-order valence-electron chi connectivity index (χ0n) is 15.2. The third-order valence-electron chi connectivity index (χ3n) is 3.49. The summed E-state index contributed by atoms with van der Waals surface area (Å²) in [5.41, 5.74) is 1.12. The molecule has 0 bridgehead atoms. The van der Waals surface area contributed by atoms with Crippen LogP contribution < -0.4 is 0 Å². The molecule has 0 heterocycles. The van der Waals surface area contributed by atoms with Crippen molar-refractivity contribution in [3.63, 3.8) is 0 Å². The minimum atomic E-state index is -0.633. The molecule has 0 amide bonds. The van der Waals surface area contributed by atoms with Crippen LogP contribution in [-0.4, -0.2) is 50.5 Å². The number of aliphatic hydroxyl groups is 1. The Hall–Kier alpha value is -0.760. The molecule has 0 spiro atoms. The molecule has 3 atom stereocenters. The Kier molecular flexibility index (Phi) is 12.0. The van der Waals surface area contributed by atoms with Gasteiger partial charge in [0.05, 0.1) is 38.1 Å². The summed E-state index contributed by atoms with van der Waals surface area (Å²) in [7, 11) is 1.62. The highest BCUT2D eigenvalue weighted by Crippen LogP contribution is 2.19. The fourth-order valence-corrected chi connectivity index (χ4v) is 2.61. The Labute approximate surface area is 159 Å². The number of methoxy groups -OCH3 is 1. The molecule has 1 rings (SSSR count). The molecule has 0 saturated carbocycles. The SMILES string of the molecule is COCCOCO[C@H](C)/C=C(/Br)[C@H](O)C[C@@H](C)OCc1ccccc1. The Morgan fingerprint density at radius 3 is 2.56 bits per heavy atom. The van der Waals surface area contributed by atoms with Crippen LogP contribution in [0.5, 0.6) is 0 Å². The Morgan fingerprint density at radius 1 is 1.16 bits per heavy atom. The van der Waals surface area contributed by atoms with Crippen LogP contribution in [0.4, 0.5) is 0 Å². The Bertz CT molecular complexity index is 480. The van der Waals surface area contributed by atoms with Gasteiger partial charge in [-0.25, -0.2) is 0 Å². The first-order valence-electron chi connectivity index (χ1n) is 8.42. The first kappa shape index (κ1) is 22.3. The van der Waals surface area contributed by atoms with E-state index in [1.807, 2.05) is 50.3 Å². The molecule has 0 saturated heterocycles. The molecule has 25 heavy (non-hydrogen) atoms. The highest BCUT2D eigenvalue weighted by molar-refractivity contribution is 9.11. The van der Waals surface area contributed by atoms with Crippen molar-refractivity contribution < 1.29 is 24.1 Å². The van der Waals surface area contributed by atoms with E-state index in [0.717, 1.165) is 5.56 Å². The summed E-state index contributed by atoms with van der Waals surface area (Å²) in [6.45, 7) is 5.60. The van der Waals surface area contributed by atoms with Gasteiger partial charge >= 0.3 is 0 Å². The summed E-state index contributed by atoms with van der Waals surface area (Å²) < 4.78 is 22.1. The van der Waals surface area contributed by atoms with Crippen molar-refractivity contribution in [2.75, 3.05) is 27.1 Å². The second kappa shape index (κ2) is 13.4. The number of hydrogen-bond donors (Lipinski definition) is 1. The van der Waals surface area contributed by atoms with Gasteiger partial charge in [-0.1, -0.05) is 46.3 Å². The quantitative estimate of drug-likeness (QED) is 0.392. The van der Waals surface area contributed by atoms with Crippen molar-refractivity contribution >= 4 is 15.9 Å². The van der Waals surface area contributed by atoms with E-state index >= 15 is 0 Å². The largest absolute Gasteiger partial charge is 0.388 e. The van der Waals surface area contributed by atoms with E-state index in [0.29, 0.717) is 30.7 Å². The summed E-state index contributed by atoms with van der Waals surface area (Å²) in [6.07, 6.45) is 1.46. The van der Waals surface area contributed by atoms with Crippen LogP contribution in [0.3, 0.4) is 0 Å². The predicted octanol–water partition coefficient (Wildman–Crippen LogP) is 3.65. The van der Waals surface area contributed by atoms with Crippen molar-refractivity contribution in [1.29, 1.82) is 0 Å². The fraction of sp³-hybridized carbons (Fsp3) is 0.579. The summed E-state index contributed by atoms with van der Waals surface area (Å²) in [5, 5.41) is 10.3. The van der Waals surface area contributed by atoms with Crippen LogP contribution >= 0.6 is 15.9 Å². The van der Waals surface area contributed by atoms with Gasteiger partial charge in [-0.05, 0) is 25.5 Å². The minimum Gasteiger partial charge on any atom is -0.388 e. The van der Waals surface area contributed by atoms with E-state index in [9.17, 15) is 5.11 Å². The van der Waals surface area contributed by atoms with E-state index in [1.54, 1.807) is 7.11 Å². The molecule has 0 unspecified atom stereocenters. The maximum absolute atomic E-state index is 10.3. The second-order valence-electron chi connectivity index (χ2n) is 5.80. The average molecular weight is 417 g/mol. The van der Waals surface area contributed by atoms with Gasteiger partial charge in [0.25, 0.3) is 0 Å². The molecular formula is C19H29BrO5. The highest BCUT2D eigenvalue weighted by Gasteiger charge is 2.15. The van der Waals surface area contributed by atoms with E-state index < -0.39 is 6.10 Å². The van der Waals surface area contributed by atoms with Gasteiger partial charge in [0, 0.05) is 18.0 Å². The summed E-state index contributed by atoms with van der Waals surface area (Å²) in [6, 6.07) is 9.99. The normalized spacial score (nSPS) is 15.8. The van der Waals surface area contributed by atoms with Crippen LogP contribution in [0, 0.1) is 0 Å². The number of hydrogen-bond acceptors (Lipinski definition) is 5. The minimum absolute atomic E-state index is 0.0650. The molecule has 142 valence electrons. The molecule has 0 aliphatic carbocycles. The van der Waals surface area contributed by atoms with Crippen LogP contribution in [-0.2, 0) is 25.6 Å². The third-order valence-corrected chi connectivity index (χ3v) is 4.28. The van der Waals surface area contributed by atoms with Crippen molar-refractivity contribution in [2.24, 2.45) is 0 Å². The van der Waals surface area contributed by atoms with Crippen LogP contribution in [0.2, 0.25) is 0 Å². The molecule has 0 aliphatic heterocycles. The lowest BCUT2D eigenvalue weighted by Crippen LogP contribution is -2.19. The molecule has 5 nitrogen and oxygen atoms in total. The second-order valence-corrected chi connectivity index (χ2v) is 6.72. The monoisotopic (exact) mass is 416 g/mol.